The van der Waals surface area contributed by atoms with Crippen LogP contribution in [0, 0.1) is 5.41 Å². The molecule has 0 aliphatic rings. The second-order valence-corrected chi connectivity index (χ2v) is 5.17. The Bertz CT molecular complexity index is 190. The lowest BCUT2D eigenvalue weighted by Gasteiger charge is -2.26. The highest BCUT2D eigenvalue weighted by Gasteiger charge is 2.08. The summed E-state index contributed by atoms with van der Waals surface area (Å²) in [6, 6.07) is 0.560. The van der Waals surface area contributed by atoms with Gasteiger partial charge in [-0.25, -0.2) is 0 Å². The maximum absolute atomic E-state index is 7.27. The van der Waals surface area contributed by atoms with E-state index in [4.69, 9.17) is 11.1 Å². The molecule has 102 valence electrons. The summed E-state index contributed by atoms with van der Waals surface area (Å²) in [5.41, 5.74) is 5.41. The lowest BCUT2D eigenvalue weighted by atomic mass is 10.1. The summed E-state index contributed by atoms with van der Waals surface area (Å²) in [4.78, 5) is 2.43. The van der Waals surface area contributed by atoms with Gasteiger partial charge >= 0.3 is 0 Å². The maximum atomic E-state index is 7.27. The minimum atomic E-state index is 0.304. The van der Waals surface area contributed by atoms with Gasteiger partial charge in [0.15, 0.2) is 0 Å². The summed E-state index contributed by atoms with van der Waals surface area (Å²) in [5, 5.41) is 7.27. The highest BCUT2D eigenvalue weighted by atomic mass is 15.1. The Labute approximate surface area is 107 Å². The fraction of sp³-hybridized carbons (Fsp3) is 0.929. The fourth-order valence-corrected chi connectivity index (χ4v) is 1.99. The van der Waals surface area contributed by atoms with Crippen LogP contribution in [0.1, 0.15) is 65.7 Å². The van der Waals surface area contributed by atoms with Crippen LogP contribution in [-0.2, 0) is 0 Å². The standard InChI is InChI=1S/C14H31N3/c1-4-5-6-7-8-9-11-17(13(2)3)12-10-14(15)16/h13H,4-12H2,1-3H3,(H3,15,16). The molecule has 0 aliphatic carbocycles. The van der Waals surface area contributed by atoms with Crippen LogP contribution in [0.25, 0.3) is 0 Å². The first kappa shape index (κ1) is 16.4. The van der Waals surface area contributed by atoms with Crippen molar-refractivity contribution in [3.8, 4) is 0 Å². The van der Waals surface area contributed by atoms with Crippen LogP contribution in [0.2, 0.25) is 0 Å². The highest BCUT2D eigenvalue weighted by molar-refractivity contribution is 5.76. The SMILES string of the molecule is CCCCCCCCN(CCC(=N)N)C(C)C. The first-order valence-electron chi connectivity index (χ1n) is 7.14. The van der Waals surface area contributed by atoms with E-state index in [9.17, 15) is 0 Å². The molecule has 0 heterocycles. The Morgan fingerprint density at radius 1 is 1.06 bits per heavy atom. The molecule has 0 aromatic rings. The summed E-state index contributed by atoms with van der Waals surface area (Å²) in [7, 11) is 0. The molecule has 0 bridgehead atoms. The molecule has 3 N–H and O–H groups in total. The van der Waals surface area contributed by atoms with Crippen molar-refractivity contribution in [2.24, 2.45) is 5.73 Å². The van der Waals surface area contributed by atoms with Crippen LogP contribution < -0.4 is 5.73 Å². The van der Waals surface area contributed by atoms with E-state index >= 15 is 0 Å². The molecule has 3 nitrogen and oxygen atoms in total. The number of hydrogen-bond acceptors (Lipinski definition) is 2. The van der Waals surface area contributed by atoms with Gasteiger partial charge in [-0.3, -0.25) is 5.41 Å². The van der Waals surface area contributed by atoms with Crippen molar-refractivity contribution < 1.29 is 0 Å². The third-order valence-electron chi connectivity index (χ3n) is 3.20. The van der Waals surface area contributed by atoms with E-state index < -0.39 is 0 Å². The van der Waals surface area contributed by atoms with Crippen LogP contribution in [0.5, 0.6) is 0 Å². The topological polar surface area (TPSA) is 53.1 Å². The molecule has 0 aromatic carbocycles. The van der Waals surface area contributed by atoms with Crippen LogP contribution in [-0.4, -0.2) is 29.9 Å². The van der Waals surface area contributed by atoms with Crippen molar-refractivity contribution in [3.63, 3.8) is 0 Å². The summed E-state index contributed by atoms with van der Waals surface area (Å²) in [5.74, 6) is 0.304. The number of unbranched alkanes of at least 4 members (excludes halogenated alkanes) is 5. The van der Waals surface area contributed by atoms with E-state index in [1.54, 1.807) is 0 Å². The minimum Gasteiger partial charge on any atom is -0.388 e. The quantitative estimate of drug-likeness (QED) is 0.331. The molecule has 0 aliphatic heterocycles. The largest absolute Gasteiger partial charge is 0.388 e. The van der Waals surface area contributed by atoms with Crippen molar-refractivity contribution >= 4 is 5.84 Å². The average molecular weight is 241 g/mol. The Morgan fingerprint density at radius 2 is 1.65 bits per heavy atom. The van der Waals surface area contributed by atoms with Crippen molar-refractivity contribution in [1.82, 2.24) is 4.90 Å². The van der Waals surface area contributed by atoms with Crippen molar-refractivity contribution in [2.75, 3.05) is 13.1 Å². The van der Waals surface area contributed by atoms with Gasteiger partial charge in [-0.1, -0.05) is 39.0 Å². The van der Waals surface area contributed by atoms with Crippen molar-refractivity contribution in [3.05, 3.63) is 0 Å². The summed E-state index contributed by atoms with van der Waals surface area (Å²) >= 11 is 0. The number of nitrogens with two attached hydrogens (primary N) is 1. The Hall–Kier alpha value is -0.570. The molecule has 0 unspecified atom stereocenters. The lowest BCUT2D eigenvalue weighted by molar-refractivity contribution is 0.222. The molecule has 0 amide bonds. The van der Waals surface area contributed by atoms with Gasteiger partial charge in [-0.05, 0) is 26.8 Å². The van der Waals surface area contributed by atoms with Gasteiger partial charge in [0.2, 0.25) is 0 Å². The van der Waals surface area contributed by atoms with Gasteiger partial charge in [0.25, 0.3) is 0 Å². The molecule has 0 aromatic heterocycles. The van der Waals surface area contributed by atoms with E-state index in [1.807, 2.05) is 0 Å². The zero-order valence-electron chi connectivity index (χ0n) is 12.0. The smallest absolute Gasteiger partial charge is 0.0918 e. The molecule has 0 saturated heterocycles. The number of rotatable bonds is 11. The Kier molecular flexibility index (Phi) is 10.2. The van der Waals surface area contributed by atoms with Gasteiger partial charge in [-0.2, -0.15) is 0 Å². The van der Waals surface area contributed by atoms with Gasteiger partial charge in [-0.15, -0.1) is 0 Å². The maximum Gasteiger partial charge on any atom is 0.0918 e. The monoisotopic (exact) mass is 241 g/mol. The summed E-state index contributed by atoms with van der Waals surface area (Å²) in [6.45, 7) is 8.77. The first-order chi connectivity index (χ1) is 8.07. The number of nitrogens with one attached hydrogen (secondary N) is 1. The third kappa shape index (κ3) is 10.3. The van der Waals surface area contributed by atoms with Crippen LogP contribution >= 0.6 is 0 Å². The minimum absolute atomic E-state index is 0.304. The third-order valence-corrected chi connectivity index (χ3v) is 3.20. The predicted octanol–water partition coefficient (Wildman–Crippen LogP) is 3.38. The Balaban J connectivity index is 3.59. The van der Waals surface area contributed by atoms with E-state index in [1.165, 1.54) is 38.5 Å². The number of amidine groups is 1. The zero-order chi connectivity index (χ0) is 13.1. The van der Waals surface area contributed by atoms with E-state index in [2.05, 4.69) is 25.7 Å². The molecular weight excluding hydrogens is 210 g/mol. The van der Waals surface area contributed by atoms with Gasteiger partial charge < -0.3 is 10.6 Å². The lowest BCUT2D eigenvalue weighted by Crippen LogP contribution is -2.34. The summed E-state index contributed by atoms with van der Waals surface area (Å²) < 4.78 is 0. The highest BCUT2D eigenvalue weighted by Crippen LogP contribution is 2.08. The van der Waals surface area contributed by atoms with E-state index in [0.717, 1.165) is 13.1 Å². The molecule has 3 heteroatoms. The molecule has 0 rings (SSSR count). The van der Waals surface area contributed by atoms with Gasteiger partial charge in [0.1, 0.15) is 0 Å². The second kappa shape index (κ2) is 10.6. The molecule has 0 radical (unpaired) electrons. The first-order valence-corrected chi connectivity index (χ1v) is 7.14. The number of hydrogen-bond donors (Lipinski definition) is 2. The molecule has 0 spiro atoms. The molecule has 0 fully saturated rings. The fourth-order valence-electron chi connectivity index (χ4n) is 1.99. The molecular formula is C14H31N3. The molecule has 0 saturated carbocycles. The predicted molar refractivity (Wildman–Crippen MR) is 76.6 cm³/mol. The Morgan fingerprint density at radius 3 is 2.18 bits per heavy atom. The van der Waals surface area contributed by atoms with Crippen molar-refractivity contribution in [2.45, 2.75) is 71.8 Å². The van der Waals surface area contributed by atoms with Crippen molar-refractivity contribution in [1.29, 1.82) is 5.41 Å². The van der Waals surface area contributed by atoms with E-state index in [-0.39, 0.29) is 0 Å². The second-order valence-electron chi connectivity index (χ2n) is 5.17. The molecule has 0 atom stereocenters. The van der Waals surface area contributed by atoms with Gasteiger partial charge in [0.05, 0.1) is 5.84 Å². The number of nitrogens with zero attached hydrogens (tertiary/aromatic N) is 1. The van der Waals surface area contributed by atoms with Crippen LogP contribution in [0.15, 0.2) is 0 Å². The summed E-state index contributed by atoms with van der Waals surface area (Å²) in [6.07, 6.45) is 8.75. The van der Waals surface area contributed by atoms with E-state index in [0.29, 0.717) is 18.3 Å². The normalized spacial score (nSPS) is 11.4. The van der Waals surface area contributed by atoms with Gasteiger partial charge in [0, 0.05) is 19.0 Å². The zero-order valence-corrected chi connectivity index (χ0v) is 12.0. The average Bonchev–Trinajstić information content (AvgIpc) is 2.26. The van der Waals surface area contributed by atoms with Crippen LogP contribution in [0.3, 0.4) is 0 Å². The molecule has 17 heavy (non-hydrogen) atoms. The van der Waals surface area contributed by atoms with Crippen LogP contribution in [0.4, 0.5) is 0 Å².